The summed E-state index contributed by atoms with van der Waals surface area (Å²) in [6, 6.07) is 1.63. The molecule has 0 radical (unpaired) electrons. The fraction of sp³-hybridized carbons (Fsp3) is 0.353. The monoisotopic (exact) mass is 413 g/mol. The third-order valence-electron chi connectivity index (χ3n) is 3.84. The molecule has 0 spiro atoms. The maximum Gasteiger partial charge on any atom is 0.252 e. The Kier molecular flexibility index (Phi) is 6.12. The summed E-state index contributed by atoms with van der Waals surface area (Å²) in [4.78, 5) is 13.9. The summed E-state index contributed by atoms with van der Waals surface area (Å²) in [5, 5.41) is 5.00. The largest absolute Gasteiger partial charge is 0.493 e. The van der Waals surface area contributed by atoms with Crippen LogP contribution in [0.3, 0.4) is 0 Å². The number of amides is 1. The molecule has 1 aromatic carbocycles. The second kappa shape index (κ2) is 7.90. The second-order valence-corrected chi connectivity index (χ2v) is 7.01. The minimum atomic E-state index is -0.218. The first-order valence-corrected chi connectivity index (χ1v) is 8.92. The van der Waals surface area contributed by atoms with Gasteiger partial charge in [0.1, 0.15) is 0 Å². The molecule has 0 atom stereocenters. The fourth-order valence-electron chi connectivity index (χ4n) is 2.29. The number of carbonyl (C=O) groups is 1. The van der Waals surface area contributed by atoms with Gasteiger partial charge in [-0.3, -0.25) is 4.79 Å². The molecular formula is C17H20BrNO4S. The van der Waals surface area contributed by atoms with Crippen LogP contribution in [0.2, 0.25) is 0 Å². The first-order valence-electron chi connectivity index (χ1n) is 7.24. The van der Waals surface area contributed by atoms with E-state index in [1.165, 1.54) is 31.8 Å². The Labute approximate surface area is 154 Å². The molecule has 1 amide bonds. The third-order valence-corrected chi connectivity index (χ3v) is 5.69. The molecule has 0 unspecified atom stereocenters. The van der Waals surface area contributed by atoms with Crippen molar-refractivity contribution in [2.24, 2.45) is 0 Å². The molecule has 0 fully saturated rings. The van der Waals surface area contributed by atoms with Crippen molar-refractivity contribution in [2.45, 2.75) is 20.4 Å². The molecule has 2 aromatic rings. The van der Waals surface area contributed by atoms with E-state index in [0.717, 1.165) is 5.56 Å². The molecule has 0 aliphatic heterocycles. The molecule has 0 aliphatic rings. The lowest BCUT2D eigenvalue weighted by atomic mass is 10.1. The Morgan fingerprint density at radius 2 is 1.83 bits per heavy atom. The van der Waals surface area contributed by atoms with Gasteiger partial charge in [0.2, 0.25) is 5.75 Å². The first-order chi connectivity index (χ1) is 11.4. The van der Waals surface area contributed by atoms with Crippen LogP contribution >= 0.6 is 27.3 Å². The molecule has 7 heteroatoms. The molecule has 1 heterocycles. The number of methoxy groups -OCH3 is 3. The minimum absolute atomic E-state index is 0.218. The van der Waals surface area contributed by atoms with Crippen LogP contribution in [0.25, 0.3) is 0 Å². The van der Waals surface area contributed by atoms with Crippen LogP contribution in [-0.4, -0.2) is 27.2 Å². The highest BCUT2D eigenvalue weighted by atomic mass is 79.9. The van der Waals surface area contributed by atoms with Crippen molar-refractivity contribution < 1.29 is 19.0 Å². The lowest BCUT2D eigenvalue weighted by Gasteiger charge is -2.16. The first kappa shape index (κ1) is 18.6. The van der Waals surface area contributed by atoms with Crippen molar-refractivity contribution in [1.29, 1.82) is 0 Å². The zero-order valence-corrected chi connectivity index (χ0v) is 16.7. The van der Waals surface area contributed by atoms with E-state index in [4.69, 9.17) is 14.2 Å². The lowest BCUT2D eigenvalue weighted by Crippen LogP contribution is -2.23. The summed E-state index contributed by atoms with van der Waals surface area (Å²) in [5.41, 5.74) is 2.76. The molecule has 1 aromatic heterocycles. The van der Waals surface area contributed by atoms with Crippen LogP contribution in [0.1, 0.15) is 26.4 Å². The number of halogens is 1. The number of rotatable bonds is 6. The Morgan fingerprint density at radius 3 is 2.33 bits per heavy atom. The molecular weight excluding hydrogens is 394 g/mol. The molecule has 0 aliphatic carbocycles. The summed E-state index contributed by atoms with van der Waals surface area (Å²) < 4.78 is 16.5. The topological polar surface area (TPSA) is 56.8 Å². The summed E-state index contributed by atoms with van der Waals surface area (Å²) in [5.74, 6) is 1.08. The van der Waals surface area contributed by atoms with Crippen molar-refractivity contribution in [3.05, 3.63) is 37.5 Å². The van der Waals surface area contributed by atoms with Crippen LogP contribution in [0.5, 0.6) is 17.2 Å². The van der Waals surface area contributed by atoms with E-state index in [0.29, 0.717) is 33.8 Å². The van der Waals surface area contributed by atoms with Gasteiger partial charge < -0.3 is 19.5 Å². The van der Waals surface area contributed by atoms with Gasteiger partial charge in [0.05, 0.1) is 31.4 Å². The van der Waals surface area contributed by atoms with Crippen LogP contribution in [-0.2, 0) is 6.54 Å². The summed E-state index contributed by atoms with van der Waals surface area (Å²) in [7, 11) is 4.56. The summed E-state index contributed by atoms with van der Waals surface area (Å²) >= 11 is 5.10. The molecule has 0 saturated heterocycles. The maximum absolute atomic E-state index is 12.6. The van der Waals surface area contributed by atoms with E-state index in [-0.39, 0.29) is 5.91 Å². The Hall–Kier alpha value is -1.73. The van der Waals surface area contributed by atoms with E-state index in [1.807, 2.05) is 0 Å². The number of nitrogens with one attached hydrogen (secondary N) is 1. The van der Waals surface area contributed by atoms with Gasteiger partial charge in [0.25, 0.3) is 5.91 Å². The zero-order chi connectivity index (χ0) is 17.9. The molecule has 130 valence electrons. The predicted octanol–water partition coefficient (Wildman–Crippen LogP) is 4.08. The van der Waals surface area contributed by atoms with Crippen molar-refractivity contribution in [1.82, 2.24) is 5.32 Å². The van der Waals surface area contributed by atoms with Crippen LogP contribution < -0.4 is 19.5 Å². The van der Waals surface area contributed by atoms with Crippen molar-refractivity contribution >= 4 is 33.2 Å². The highest BCUT2D eigenvalue weighted by molar-refractivity contribution is 9.10. The number of ether oxygens (including phenoxy) is 3. The maximum atomic E-state index is 12.6. The number of hydrogen-bond donors (Lipinski definition) is 1. The van der Waals surface area contributed by atoms with Gasteiger partial charge in [0, 0.05) is 11.4 Å². The number of thiophene rings is 1. The zero-order valence-electron chi connectivity index (χ0n) is 14.3. The smallest absolute Gasteiger partial charge is 0.252 e. The Bertz CT molecular complexity index is 758. The fourth-order valence-corrected chi connectivity index (χ4v) is 3.82. The number of aryl methyl sites for hydroxylation is 1. The summed E-state index contributed by atoms with van der Waals surface area (Å²) in [6.45, 7) is 4.60. The number of carbonyl (C=O) groups excluding carboxylic acids is 1. The average Bonchev–Trinajstić information content (AvgIpc) is 2.90. The molecule has 24 heavy (non-hydrogen) atoms. The summed E-state index contributed by atoms with van der Waals surface area (Å²) in [6.07, 6.45) is 0. The second-order valence-electron chi connectivity index (χ2n) is 5.13. The van der Waals surface area contributed by atoms with Gasteiger partial charge in [-0.25, -0.2) is 0 Å². The van der Waals surface area contributed by atoms with Gasteiger partial charge in [-0.15, -0.1) is 11.3 Å². The Morgan fingerprint density at radius 1 is 1.17 bits per heavy atom. The standard InChI is InChI=1S/C17H20BrNO4S/c1-9-10(2)24-8-11(9)7-19-17(20)12-6-13(21-3)15(22-4)16(23-5)14(12)18/h6,8H,7H2,1-5H3,(H,19,20). The van der Waals surface area contributed by atoms with Gasteiger partial charge in [-0.1, -0.05) is 0 Å². The number of hydrogen-bond acceptors (Lipinski definition) is 5. The third kappa shape index (κ3) is 3.52. The number of benzene rings is 1. The van der Waals surface area contributed by atoms with Gasteiger partial charge in [0.15, 0.2) is 11.5 Å². The minimum Gasteiger partial charge on any atom is -0.493 e. The Balaban J connectivity index is 2.30. The van der Waals surface area contributed by atoms with Gasteiger partial charge in [-0.05, 0) is 52.4 Å². The lowest BCUT2D eigenvalue weighted by molar-refractivity contribution is 0.0949. The van der Waals surface area contributed by atoms with Crippen LogP contribution in [0, 0.1) is 13.8 Å². The van der Waals surface area contributed by atoms with Gasteiger partial charge in [-0.2, -0.15) is 0 Å². The molecule has 0 saturated carbocycles. The quantitative estimate of drug-likeness (QED) is 0.774. The van der Waals surface area contributed by atoms with Crippen molar-refractivity contribution in [3.63, 3.8) is 0 Å². The van der Waals surface area contributed by atoms with E-state index in [1.54, 1.807) is 17.4 Å². The molecule has 5 nitrogen and oxygen atoms in total. The normalized spacial score (nSPS) is 10.4. The van der Waals surface area contributed by atoms with Crippen molar-refractivity contribution in [2.75, 3.05) is 21.3 Å². The predicted molar refractivity (Wildman–Crippen MR) is 98.8 cm³/mol. The van der Waals surface area contributed by atoms with E-state index < -0.39 is 0 Å². The van der Waals surface area contributed by atoms with Crippen molar-refractivity contribution in [3.8, 4) is 17.2 Å². The van der Waals surface area contributed by atoms with E-state index >= 15 is 0 Å². The average molecular weight is 414 g/mol. The SMILES string of the molecule is COc1cc(C(=O)NCc2csc(C)c2C)c(Br)c(OC)c1OC. The molecule has 1 N–H and O–H groups in total. The van der Waals surface area contributed by atoms with Crippen LogP contribution in [0.4, 0.5) is 0 Å². The highest BCUT2D eigenvalue weighted by Gasteiger charge is 2.22. The molecule has 0 bridgehead atoms. The van der Waals surface area contributed by atoms with E-state index in [9.17, 15) is 4.79 Å². The molecule has 2 rings (SSSR count). The van der Waals surface area contributed by atoms with Crippen LogP contribution in [0.15, 0.2) is 15.9 Å². The highest BCUT2D eigenvalue weighted by Crippen LogP contribution is 2.44. The van der Waals surface area contributed by atoms with E-state index in [2.05, 4.69) is 40.5 Å². The van der Waals surface area contributed by atoms with Gasteiger partial charge >= 0.3 is 0 Å².